The zero-order chi connectivity index (χ0) is 22.5. The maximum absolute atomic E-state index is 12.8. The molecule has 8 heteroatoms. The fourth-order valence-electron chi connectivity index (χ4n) is 4.50. The third-order valence-corrected chi connectivity index (χ3v) is 6.12. The Labute approximate surface area is 188 Å². The van der Waals surface area contributed by atoms with Gasteiger partial charge < -0.3 is 29.6 Å². The highest BCUT2D eigenvalue weighted by atomic mass is 16.5. The van der Waals surface area contributed by atoms with Gasteiger partial charge in [-0.2, -0.15) is 5.26 Å². The summed E-state index contributed by atoms with van der Waals surface area (Å²) < 4.78 is 23.0. The molecule has 32 heavy (non-hydrogen) atoms. The second-order valence-corrected chi connectivity index (χ2v) is 8.14. The molecule has 1 aliphatic carbocycles. The van der Waals surface area contributed by atoms with Crippen LogP contribution in [0.3, 0.4) is 0 Å². The highest BCUT2D eigenvalue weighted by molar-refractivity contribution is 5.99. The van der Waals surface area contributed by atoms with Crippen LogP contribution in [0.25, 0.3) is 0 Å². The summed E-state index contributed by atoms with van der Waals surface area (Å²) in [5.74, 6) is 1.34. The zero-order valence-electron chi connectivity index (χ0n) is 18.4. The number of allylic oxidation sites excluding steroid dienone is 3. The molecule has 0 bridgehead atoms. The molecule has 0 unspecified atom stereocenters. The fraction of sp³-hybridized carbons (Fsp3) is 0.500. The van der Waals surface area contributed by atoms with Crippen LogP contribution in [0.1, 0.15) is 37.7 Å². The maximum Gasteiger partial charge on any atom is 0.205 e. The Balaban J connectivity index is 1.60. The Bertz CT molecular complexity index is 972. The standard InChI is InChI=1S/C24H29N3O5/c1-2-30-21-14-16(6-7-19(21)31-13-10-27-8-11-29-12-9-27)22-17(15-25)24(26)32-20-5-3-4-18(28)23(20)22/h6-7,14,22H,2-5,8-13,26H2,1H3/p+1/t22-/m0/s1. The summed E-state index contributed by atoms with van der Waals surface area (Å²) >= 11 is 0. The Morgan fingerprint density at radius 2 is 2.03 bits per heavy atom. The van der Waals surface area contributed by atoms with E-state index in [0.29, 0.717) is 48.9 Å². The quantitative estimate of drug-likeness (QED) is 0.656. The van der Waals surface area contributed by atoms with E-state index in [9.17, 15) is 10.1 Å². The van der Waals surface area contributed by atoms with Crippen LogP contribution in [0.4, 0.5) is 0 Å². The van der Waals surface area contributed by atoms with Crippen molar-refractivity contribution in [2.75, 3.05) is 46.1 Å². The van der Waals surface area contributed by atoms with Crippen LogP contribution in [0.2, 0.25) is 0 Å². The van der Waals surface area contributed by atoms with Crippen LogP contribution >= 0.6 is 0 Å². The smallest absolute Gasteiger partial charge is 0.205 e. The van der Waals surface area contributed by atoms with E-state index in [0.717, 1.165) is 44.8 Å². The van der Waals surface area contributed by atoms with E-state index in [1.54, 1.807) is 0 Å². The molecule has 0 saturated carbocycles. The van der Waals surface area contributed by atoms with E-state index in [1.807, 2.05) is 25.1 Å². The Hall–Kier alpha value is -3.02. The SMILES string of the molecule is CCOc1cc([C@H]2C(C#N)=C(N)OC3=C2C(=O)CCC3)ccc1OCC[NH+]1CCOCC1. The molecule has 4 rings (SSSR count). The van der Waals surface area contributed by atoms with Gasteiger partial charge in [-0.25, -0.2) is 0 Å². The second kappa shape index (κ2) is 10.1. The highest BCUT2D eigenvalue weighted by Gasteiger charge is 2.38. The number of carbonyl (C=O) groups excluding carboxylic acids is 1. The molecule has 8 nitrogen and oxygen atoms in total. The summed E-state index contributed by atoms with van der Waals surface area (Å²) in [6, 6.07) is 7.74. The number of ketones is 1. The summed E-state index contributed by atoms with van der Waals surface area (Å²) in [6.07, 6.45) is 1.81. The molecule has 0 spiro atoms. The number of nitriles is 1. The highest BCUT2D eigenvalue weighted by Crippen LogP contribution is 2.45. The first-order valence-electron chi connectivity index (χ1n) is 11.3. The van der Waals surface area contributed by atoms with Gasteiger partial charge in [0.25, 0.3) is 0 Å². The molecule has 1 aromatic carbocycles. The van der Waals surface area contributed by atoms with Gasteiger partial charge in [-0.05, 0) is 31.0 Å². The Morgan fingerprint density at radius 3 is 2.78 bits per heavy atom. The van der Waals surface area contributed by atoms with Crippen LogP contribution in [0.5, 0.6) is 11.5 Å². The van der Waals surface area contributed by atoms with Crippen molar-refractivity contribution in [1.29, 1.82) is 5.26 Å². The number of Topliss-reactive ketones (excluding diaryl/α,β-unsaturated/α-hetero) is 1. The largest absolute Gasteiger partial charge is 0.490 e. The van der Waals surface area contributed by atoms with Crippen molar-refractivity contribution in [3.63, 3.8) is 0 Å². The van der Waals surface area contributed by atoms with Crippen molar-refractivity contribution in [2.45, 2.75) is 32.1 Å². The van der Waals surface area contributed by atoms with Gasteiger partial charge in [0, 0.05) is 18.4 Å². The molecule has 1 aromatic rings. The molecule has 1 atom stereocenters. The topological polar surface area (TPSA) is 108 Å². The summed E-state index contributed by atoms with van der Waals surface area (Å²) in [5, 5.41) is 9.77. The summed E-state index contributed by atoms with van der Waals surface area (Å²) in [5.41, 5.74) is 7.62. The third kappa shape index (κ3) is 4.59. The van der Waals surface area contributed by atoms with Crippen LogP contribution in [0, 0.1) is 11.3 Å². The number of rotatable bonds is 7. The van der Waals surface area contributed by atoms with Gasteiger partial charge in [-0.3, -0.25) is 4.79 Å². The van der Waals surface area contributed by atoms with E-state index in [1.165, 1.54) is 4.90 Å². The number of benzene rings is 1. The van der Waals surface area contributed by atoms with Crippen molar-refractivity contribution < 1.29 is 28.6 Å². The van der Waals surface area contributed by atoms with Gasteiger partial charge >= 0.3 is 0 Å². The lowest BCUT2D eigenvalue weighted by atomic mass is 9.77. The minimum Gasteiger partial charge on any atom is -0.490 e. The summed E-state index contributed by atoms with van der Waals surface area (Å²) in [7, 11) is 0. The van der Waals surface area contributed by atoms with E-state index in [2.05, 4.69) is 6.07 Å². The molecule has 0 radical (unpaired) electrons. The minimum atomic E-state index is -0.553. The number of quaternary nitrogens is 1. The van der Waals surface area contributed by atoms with Crippen LogP contribution in [-0.4, -0.2) is 51.8 Å². The molecule has 2 aliphatic heterocycles. The number of hydrogen-bond donors (Lipinski definition) is 2. The number of carbonyl (C=O) groups is 1. The van der Waals surface area contributed by atoms with Gasteiger partial charge in [0.15, 0.2) is 17.3 Å². The molecule has 0 aromatic heterocycles. The Kier molecular flexibility index (Phi) is 6.98. The first kappa shape index (κ1) is 22.2. The molecular weight excluding hydrogens is 410 g/mol. The average molecular weight is 441 g/mol. The first-order chi connectivity index (χ1) is 15.6. The van der Waals surface area contributed by atoms with Gasteiger partial charge in [-0.15, -0.1) is 0 Å². The van der Waals surface area contributed by atoms with E-state index >= 15 is 0 Å². The molecule has 170 valence electrons. The molecule has 3 aliphatic rings. The fourth-order valence-corrected chi connectivity index (χ4v) is 4.50. The lowest BCUT2D eigenvalue weighted by Crippen LogP contribution is -3.14. The predicted octanol–water partition coefficient (Wildman–Crippen LogP) is 1.19. The van der Waals surface area contributed by atoms with Crippen LogP contribution < -0.4 is 20.1 Å². The Morgan fingerprint density at radius 1 is 1.22 bits per heavy atom. The lowest BCUT2D eigenvalue weighted by Gasteiger charge is -2.31. The van der Waals surface area contributed by atoms with Crippen molar-refractivity contribution in [3.05, 3.63) is 46.6 Å². The van der Waals surface area contributed by atoms with E-state index in [4.69, 9.17) is 24.7 Å². The zero-order valence-corrected chi connectivity index (χ0v) is 18.4. The number of hydrogen-bond acceptors (Lipinski definition) is 7. The molecular formula is C24H30N3O5+. The monoisotopic (exact) mass is 440 g/mol. The van der Waals surface area contributed by atoms with Crippen molar-refractivity contribution in [1.82, 2.24) is 0 Å². The normalized spacial score (nSPS) is 21.6. The molecule has 0 amide bonds. The number of ether oxygens (including phenoxy) is 4. The summed E-state index contributed by atoms with van der Waals surface area (Å²) in [4.78, 5) is 14.2. The van der Waals surface area contributed by atoms with Crippen LogP contribution in [0.15, 0.2) is 41.0 Å². The molecule has 1 fully saturated rings. The van der Waals surface area contributed by atoms with Crippen molar-refractivity contribution >= 4 is 5.78 Å². The van der Waals surface area contributed by atoms with Gasteiger partial charge in [0.05, 0.1) is 25.7 Å². The number of nitrogens with two attached hydrogens (primary N) is 1. The molecule has 1 saturated heterocycles. The number of nitrogens with zero attached hydrogens (tertiary/aromatic N) is 1. The van der Waals surface area contributed by atoms with Gasteiger partial charge in [0.2, 0.25) is 5.88 Å². The number of morpholine rings is 1. The van der Waals surface area contributed by atoms with Crippen molar-refractivity contribution in [2.24, 2.45) is 5.73 Å². The molecule has 3 N–H and O–H groups in total. The van der Waals surface area contributed by atoms with Gasteiger partial charge in [-0.1, -0.05) is 6.07 Å². The lowest BCUT2D eigenvalue weighted by molar-refractivity contribution is -0.908. The van der Waals surface area contributed by atoms with Crippen molar-refractivity contribution in [3.8, 4) is 17.6 Å². The number of nitrogens with one attached hydrogen (secondary N) is 1. The second-order valence-electron chi connectivity index (χ2n) is 8.14. The van der Waals surface area contributed by atoms with E-state index in [-0.39, 0.29) is 17.2 Å². The third-order valence-electron chi connectivity index (χ3n) is 6.12. The first-order valence-corrected chi connectivity index (χ1v) is 11.3. The van der Waals surface area contributed by atoms with Gasteiger partial charge in [0.1, 0.15) is 43.6 Å². The van der Waals surface area contributed by atoms with Crippen LogP contribution in [-0.2, 0) is 14.3 Å². The average Bonchev–Trinajstić information content (AvgIpc) is 2.80. The van der Waals surface area contributed by atoms with E-state index < -0.39 is 5.92 Å². The summed E-state index contributed by atoms with van der Waals surface area (Å²) in [6.45, 7) is 7.38. The maximum atomic E-state index is 12.8. The predicted molar refractivity (Wildman–Crippen MR) is 116 cm³/mol. The minimum absolute atomic E-state index is 0.00303. The molecule has 2 heterocycles.